The first-order valence-corrected chi connectivity index (χ1v) is 4.88. The van der Waals surface area contributed by atoms with E-state index in [0.29, 0.717) is 0 Å². The van der Waals surface area contributed by atoms with Crippen molar-refractivity contribution in [3.63, 3.8) is 0 Å². The fourth-order valence-corrected chi connectivity index (χ4v) is 1.89. The van der Waals surface area contributed by atoms with Gasteiger partial charge in [0.05, 0.1) is 5.16 Å². The molecule has 1 aliphatic rings. The largest absolute Gasteiger partial charge is 0.233 e. The van der Waals surface area contributed by atoms with Gasteiger partial charge in [-0.1, -0.05) is 25.7 Å². The Kier molecular flexibility index (Phi) is 4.41. The van der Waals surface area contributed by atoms with Crippen LogP contribution in [0.1, 0.15) is 38.5 Å². The van der Waals surface area contributed by atoms with Crippen molar-refractivity contribution < 1.29 is 0 Å². The van der Waals surface area contributed by atoms with Crippen molar-refractivity contribution in [2.75, 3.05) is 6.54 Å². The lowest BCUT2D eigenvalue weighted by molar-refractivity contribution is 0.488. The minimum Gasteiger partial charge on any atom is -0.233 e. The molecular formula is C9H15NS. The first-order chi connectivity index (χ1) is 5.43. The molecule has 0 atom stereocenters. The average Bonchev–Trinajstić information content (AvgIpc) is 2.50. The summed E-state index contributed by atoms with van der Waals surface area (Å²) in [7, 11) is 0. The highest BCUT2D eigenvalue weighted by atomic mass is 32.1. The third kappa shape index (κ3) is 3.64. The standard InChI is InChI=1S/C9H15NS/c11-8-10-7-3-6-9-4-1-2-5-9/h9H,1-7H2. The third-order valence-corrected chi connectivity index (χ3v) is 2.55. The molecule has 62 valence electrons. The van der Waals surface area contributed by atoms with Crippen molar-refractivity contribution in [3.8, 4) is 0 Å². The van der Waals surface area contributed by atoms with Crippen LogP contribution >= 0.6 is 12.2 Å². The van der Waals surface area contributed by atoms with Crippen molar-refractivity contribution in [1.82, 2.24) is 0 Å². The van der Waals surface area contributed by atoms with Gasteiger partial charge in [-0.25, -0.2) is 4.99 Å². The van der Waals surface area contributed by atoms with Crippen LogP contribution in [0.15, 0.2) is 4.99 Å². The van der Waals surface area contributed by atoms with Gasteiger partial charge in [0.25, 0.3) is 0 Å². The van der Waals surface area contributed by atoms with Crippen LogP contribution in [0, 0.1) is 5.92 Å². The van der Waals surface area contributed by atoms with Gasteiger partial charge < -0.3 is 0 Å². The molecule has 1 saturated carbocycles. The Hall–Kier alpha value is -0.200. The molecule has 0 aliphatic heterocycles. The predicted molar refractivity (Wildman–Crippen MR) is 51.1 cm³/mol. The normalized spacial score (nSPS) is 18.2. The fourth-order valence-electron chi connectivity index (χ4n) is 1.80. The van der Waals surface area contributed by atoms with E-state index in [2.05, 4.69) is 22.4 Å². The van der Waals surface area contributed by atoms with Crippen LogP contribution in [0.2, 0.25) is 0 Å². The number of isothiocyanates is 1. The quantitative estimate of drug-likeness (QED) is 0.358. The van der Waals surface area contributed by atoms with Gasteiger partial charge in [-0.2, -0.15) is 0 Å². The predicted octanol–water partition coefficient (Wildman–Crippen LogP) is 3.06. The lowest BCUT2D eigenvalue weighted by Gasteiger charge is -2.05. The molecule has 1 nitrogen and oxygen atoms in total. The van der Waals surface area contributed by atoms with Crippen molar-refractivity contribution >= 4 is 17.4 Å². The lowest BCUT2D eigenvalue weighted by atomic mass is 10.0. The van der Waals surface area contributed by atoms with Gasteiger partial charge in [0.2, 0.25) is 0 Å². The van der Waals surface area contributed by atoms with Gasteiger partial charge in [0, 0.05) is 6.54 Å². The van der Waals surface area contributed by atoms with Crippen molar-refractivity contribution in [2.45, 2.75) is 38.5 Å². The van der Waals surface area contributed by atoms with E-state index in [1.54, 1.807) is 0 Å². The molecule has 0 saturated heterocycles. The van der Waals surface area contributed by atoms with Crippen molar-refractivity contribution in [1.29, 1.82) is 0 Å². The molecule has 0 heterocycles. The summed E-state index contributed by atoms with van der Waals surface area (Å²) in [4.78, 5) is 3.90. The maximum absolute atomic E-state index is 4.48. The summed E-state index contributed by atoms with van der Waals surface area (Å²) in [5, 5.41) is 2.40. The smallest absolute Gasteiger partial charge is 0.0584 e. The van der Waals surface area contributed by atoms with E-state index < -0.39 is 0 Å². The van der Waals surface area contributed by atoms with Crippen LogP contribution in [0.4, 0.5) is 0 Å². The molecule has 0 bridgehead atoms. The summed E-state index contributed by atoms with van der Waals surface area (Å²) >= 11 is 4.48. The zero-order valence-electron chi connectivity index (χ0n) is 6.88. The molecule has 0 N–H and O–H groups in total. The van der Waals surface area contributed by atoms with Crippen LogP contribution in [-0.4, -0.2) is 11.7 Å². The van der Waals surface area contributed by atoms with E-state index in [-0.39, 0.29) is 0 Å². The molecular weight excluding hydrogens is 154 g/mol. The van der Waals surface area contributed by atoms with E-state index >= 15 is 0 Å². The molecule has 0 amide bonds. The molecule has 0 radical (unpaired) electrons. The summed E-state index contributed by atoms with van der Waals surface area (Å²) in [6, 6.07) is 0. The molecule has 11 heavy (non-hydrogen) atoms. The Morgan fingerprint density at radius 1 is 1.36 bits per heavy atom. The highest BCUT2D eigenvalue weighted by Crippen LogP contribution is 2.28. The number of hydrogen-bond acceptors (Lipinski definition) is 2. The summed E-state index contributed by atoms with van der Waals surface area (Å²) < 4.78 is 0. The Balaban J connectivity index is 1.97. The Bertz CT molecular complexity index is 144. The summed E-state index contributed by atoms with van der Waals surface area (Å²) in [5.41, 5.74) is 0. The Morgan fingerprint density at radius 2 is 2.09 bits per heavy atom. The third-order valence-electron chi connectivity index (χ3n) is 2.42. The second-order valence-corrected chi connectivity index (χ2v) is 3.45. The molecule has 0 aromatic carbocycles. The maximum Gasteiger partial charge on any atom is 0.0584 e. The van der Waals surface area contributed by atoms with Crippen LogP contribution in [0.25, 0.3) is 0 Å². The summed E-state index contributed by atoms with van der Waals surface area (Å²) in [6.45, 7) is 0.889. The molecule has 2 heteroatoms. The minimum atomic E-state index is 0.889. The highest BCUT2D eigenvalue weighted by Gasteiger charge is 2.13. The first-order valence-electron chi connectivity index (χ1n) is 4.47. The van der Waals surface area contributed by atoms with E-state index in [1.807, 2.05) is 0 Å². The molecule has 1 fully saturated rings. The van der Waals surface area contributed by atoms with Crippen LogP contribution in [0.5, 0.6) is 0 Å². The van der Waals surface area contributed by atoms with Crippen LogP contribution in [-0.2, 0) is 0 Å². The van der Waals surface area contributed by atoms with Crippen LogP contribution in [0.3, 0.4) is 0 Å². The van der Waals surface area contributed by atoms with Gasteiger partial charge >= 0.3 is 0 Å². The van der Waals surface area contributed by atoms with E-state index in [4.69, 9.17) is 0 Å². The molecule has 1 aliphatic carbocycles. The summed E-state index contributed by atoms with van der Waals surface area (Å²) in [6.07, 6.45) is 8.33. The van der Waals surface area contributed by atoms with Crippen molar-refractivity contribution in [2.24, 2.45) is 10.9 Å². The zero-order chi connectivity index (χ0) is 7.94. The zero-order valence-corrected chi connectivity index (χ0v) is 7.70. The molecule has 0 aromatic rings. The molecule has 0 aromatic heterocycles. The van der Waals surface area contributed by atoms with Gasteiger partial charge in [0.1, 0.15) is 0 Å². The van der Waals surface area contributed by atoms with Crippen LogP contribution < -0.4 is 0 Å². The first kappa shape index (κ1) is 8.89. The van der Waals surface area contributed by atoms with Gasteiger partial charge in [0.15, 0.2) is 0 Å². The Morgan fingerprint density at radius 3 is 2.73 bits per heavy atom. The van der Waals surface area contributed by atoms with E-state index in [9.17, 15) is 0 Å². The van der Waals surface area contributed by atoms with E-state index in [1.165, 1.54) is 38.5 Å². The number of aliphatic imine (C=N–C) groups is 1. The molecule has 1 rings (SSSR count). The average molecular weight is 169 g/mol. The molecule has 0 spiro atoms. The number of thiocarbonyl (C=S) groups is 1. The highest BCUT2D eigenvalue weighted by molar-refractivity contribution is 7.78. The SMILES string of the molecule is S=C=NCCCC1CCCC1. The second kappa shape index (κ2) is 5.45. The minimum absolute atomic E-state index is 0.889. The molecule has 0 unspecified atom stereocenters. The second-order valence-electron chi connectivity index (χ2n) is 3.27. The van der Waals surface area contributed by atoms with Gasteiger partial charge in [-0.05, 0) is 31.0 Å². The maximum atomic E-state index is 4.48. The fraction of sp³-hybridized carbons (Fsp3) is 0.889. The van der Waals surface area contributed by atoms with Gasteiger partial charge in [-0.15, -0.1) is 0 Å². The number of rotatable bonds is 4. The van der Waals surface area contributed by atoms with E-state index in [0.717, 1.165) is 12.5 Å². The van der Waals surface area contributed by atoms with Crippen molar-refractivity contribution in [3.05, 3.63) is 0 Å². The number of nitrogens with zero attached hydrogens (tertiary/aromatic N) is 1. The topological polar surface area (TPSA) is 12.4 Å². The number of hydrogen-bond donors (Lipinski definition) is 0. The lowest BCUT2D eigenvalue weighted by Crippen LogP contribution is -1.93. The summed E-state index contributed by atoms with van der Waals surface area (Å²) in [5.74, 6) is 0.996. The monoisotopic (exact) mass is 169 g/mol. The van der Waals surface area contributed by atoms with Gasteiger partial charge in [-0.3, -0.25) is 0 Å². The Labute approximate surface area is 73.9 Å².